The second-order valence-corrected chi connectivity index (χ2v) is 10.2. The van der Waals surface area contributed by atoms with Gasteiger partial charge in [-0.25, -0.2) is 13.5 Å². The van der Waals surface area contributed by atoms with Crippen LogP contribution in [0.25, 0.3) is 28.1 Å². The van der Waals surface area contributed by atoms with E-state index in [2.05, 4.69) is 15.4 Å². The summed E-state index contributed by atoms with van der Waals surface area (Å²) in [6.45, 7) is 3.10. The number of ether oxygens (including phenoxy) is 2. The van der Waals surface area contributed by atoms with Crippen molar-refractivity contribution in [3.8, 4) is 39.6 Å². The van der Waals surface area contributed by atoms with Crippen LogP contribution in [-0.2, 0) is 4.79 Å². The Kier molecular flexibility index (Phi) is 6.89. The summed E-state index contributed by atoms with van der Waals surface area (Å²) in [4.78, 5) is 41.7. The second kappa shape index (κ2) is 10.3. The molecule has 5 rings (SSSR count). The van der Waals surface area contributed by atoms with Crippen LogP contribution in [0.1, 0.15) is 46.4 Å². The summed E-state index contributed by atoms with van der Waals surface area (Å²) in [5.41, 5.74) is 11.5. The smallest absolute Gasteiger partial charge is 0.271 e. The Balaban J connectivity index is 1.90. The lowest BCUT2D eigenvalue weighted by molar-refractivity contribution is -0.131. The average molecular weight is 577 g/mol. The summed E-state index contributed by atoms with van der Waals surface area (Å²) in [6, 6.07) is 7.53. The number of primary amides is 2. The number of carbonyl (C=O) groups is 3. The van der Waals surface area contributed by atoms with Gasteiger partial charge in [0.25, 0.3) is 5.91 Å². The van der Waals surface area contributed by atoms with Gasteiger partial charge in [0.1, 0.15) is 29.2 Å². The van der Waals surface area contributed by atoms with Crippen molar-refractivity contribution in [2.45, 2.75) is 20.0 Å². The van der Waals surface area contributed by atoms with E-state index in [0.29, 0.717) is 28.5 Å². The number of carbonyl (C=O) groups excluding carboxylic acids is 3. The average Bonchev–Trinajstić information content (AvgIpc) is 3.36. The lowest BCUT2D eigenvalue weighted by Crippen LogP contribution is -2.41. The van der Waals surface area contributed by atoms with Crippen LogP contribution in [0.3, 0.4) is 0 Å². The number of nitrogens with zero attached hydrogens (tertiary/aromatic N) is 3. The summed E-state index contributed by atoms with van der Waals surface area (Å²) < 4.78 is 42.1. The highest BCUT2D eigenvalue weighted by Gasteiger charge is 2.47. The normalized spacial score (nSPS) is 13.9. The third-order valence-electron chi connectivity index (χ3n) is 7.14. The molecule has 3 amide bonds. The Bertz CT molecular complexity index is 1760. The van der Waals surface area contributed by atoms with Crippen LogP contribution in [0.2, 0.25) is 0 Å². The van der Waals surface area contributed by atoms with Crippen LogP contribution in [-0.4, -0.2) is 46.6 Å². The van der Waals surface area contributed by atoms with Crippen molar-refractivity contribution in [2.24, 2.45) is 16.9 Å². The highest BCUT2D eigenvalue weighted by molar-refractivity contribution is 5.98. The zero-order chi connectivity index (χ0) is 30.5. The van der Waals surface area contributed by atoms with Crippen molar-refractivity contribution < 1.29 is 32.6 Å². The minimum atomic E-state index is -1.39. The molecule has 0 fully saturated rings. The maximum absolute atomic E-state index is 14.4. The molecular weight excluding hydrogens is 550 g/mol. The SMILES string of the molecule is CNC(=O)c1nn(-c2cc(F)cc(F)c2)c2c1C(C(C)(C)C(N)=O)Oc1cc(OC)c(-c3cncc(C(N)=O)c3)cc1-2. The van der Waals surface area contributed by atoms with Gasteiger partial charge in [-0.3, -0.25) is 19.4 Å². The molecule has 11 nitrogen and oxygen atoms in total. The molecule has 1 aliphatic rings. The van der Waals surface area contributed by atoms with E-state index in [1.807, 2.05) is 0 Å². The predicted molar refractivity (Wildman–Crippen MR) is 147 cm³/mol. The minimum absolute atomic E-state index is 0.0304. The van der Waals surface area contributed by atoms with Crippen LogP contribution < -0.4 is 26.3 Å². The highest BCUT2D eigenvalue weighted by atomic mass is 19.1. The molecule has 216 valence electrons. The molecule has 2 aromatic heterocycles. The highest BCUT2D eigenvalue weighted by Crippen LogP contribution is 2.53. The minimum Gasteiger partial charge on any atom is -0.496 e. The Morgan fingerprint density at radius 3 is 2.31 bits per heavy atom. The van der Waals surface area contributed by atoms with Crippen molar-refractivity contribution in [3.05, 3.63) is 77.2 Å². The number of methoxy groups -OCH3 is 1. The number of pyridine rings is 1. The number of fused-ring (bicyclic) bond motifs is 3. The fourth-order valence-corrected chi connectivity index (χ4v) is 4.86. The van der Waals surface area contributed by atoms with Crippen molar-refractivity contribution >= 4 is 17.7 Å². The second-order valence-electron chi connectivity index (χ2n) is 10.2. The van der Waals surface area contributed by atoms with Crippen molar-refractivity contribution in [3.63, 3.8) is 0 Å². The number of amides is 3. The molecule has 0 bridgehead atoms. The fraction of sp³-hybridized carbons (Fsp3) is 0.207. The number of hydrogen-bond acceptors (Lipinski definition) is 7. The van der Waals surface area contributed by atoms with Crippen LogP contribution in [0.15, 0.2) is 48.8 Å². The van der Waals surface area contributed by atoms with Crippen LogP contribution in [0.4, 0.5) is 8.78 Å². The van der Waals surface area contributed by atoms with E-state index in [1.165, 1.54) is 37.3 Å². The molecule has 0 spiro atoms. The lowest BCUT2D eigenvalue weighted by atomic mass is 9.78. The molecule has 42 heavy (non-hydrogen) atoms. The number of hydrogen-bond donors (Lipinski definition) is 3. The Morgan fingerprint density at radius 1 is 1.02 bits per heavy atom. The maximum atomic E-state index is 14.4. The van der Waals surface area contributed by atoms with Gasteiger partial charge in [0.2, 0.25) is 11.8 Å². The number of nitrogens with two attached hydrogens (primary N) is 2. The quantitative estimate of drug-likeness (QED) is 0.304. The first kappa shape index (κ1) is 28.2. The first-order valence-corrected chi connectivity index (χ1v) is 12.6. The van der Waals surface area contributed by atoms with Gasteiger partial charge in [-0.15, -0.1) is 0 Å². The zero-order valence-corrected chi connectivity index (χ0v) is 23.0. The van der Waals surface area contributed by atoms with Gasteiger partial charge in [0, 0.05) is 48.3 Å². The van der Waals surface area contributed by atoms with Gasteiger partial charge in [0.05, 0.1) is 35.0 Å². The van der Waals surface area contributed by atoms with E-state index in [4.69, 9.17) is 20.9 Å². The van der Waals surface area contributed by atoms with E-state index < -0.39 is 40.9 Å². The maximum Gasteiger partial charge on any atom is 0.271 e. The molecule has 5 N–H and O–H groups in total. The molecule has 13 heteroatoms. The molecule has 0 saturated heterocycles. The summed E-state index contributed by atoms with van der Waals surface area (Å²) in [6.07, 6.45) is 1.67. The van der Waals surface area contributed by atoms with E-state index >= 15 is 0 Å². The number of halogens is 2. The van der Waals surface area contributed by atoms with E-state index in [1.54, 1.807) is 26.0 Å². The molecule has 1 aliphatic heterocycles. The summed E-state index contributed by atoms with van der Waals surface area (Å²) in [5.74, 6) is -3.28. The van der Waals surface area contributed by atoms with Gasteiger partial charge in [-0.05, 0) is 38.1 Å². The Morgan fingerprint density at radius 2 is 1.71 bits per heavy atom. The van der Waals surface area contributed by atoms with Gasteiger partial charge < -0.3 is 26.3 Å². The van der Waals surface area contributed by atoms with Crippen LogP contribution >= 0.6 is 0 Å². The summed E-state index contributed by atoms with van der Waals surface area (Å²) in [5, 5.41) is 6.96. The molecule has 0 saturated carbocycles. The number of benzene rings is 2. The Labute approximate surface area is 238 Å². The van der Waals surface area contributed by atoms with Crippen LogP contribution in [0, 0.1) is 17.0 Å². The van der Waals surface area contributed by atoms with Gasteiger partial charge in [0.15, 0.2) is 5.69 Å². The van der Waals surface area contributed by atoms with E-state index in [0.717, 1.165) is 12.1 Å². The monoisotopic (exact) mass is 576 g/mol. The number of aromatic nitrogens is 3. The molecule has 1 unspecified atom stereocenters. The first-order chi connectivity index (χ1) is 19.9. The zero-order valence-electron chi connectivity index (χ0n) is 23.0. The summed E-state index contributed by atoms with van der Waals surface area (Å²) in [7, 11) is 2.82. The molecule has 0 radical (unpaired) electrons. The first-order valence-electron chi connectivity index (χ1n) is 12.6. The predicted octanol–water partition coefficient (Wildman–Crippen LogP) is 3.29. The number of rotatable bonds is 7. The molecule has 4 aromatic rings. The third kappa shape index (κ3) is 4.58. The third-order valence-corrected chi connectivity index (χ3v) is 7.14. The van der Waals surface area contributed by atoms with Crippen LogP contribution in [0.5, 0.6) is 11.5 Å². The largest absolute Gasteiger partial charge is 0.496 e. The van der Waals surface area contributed by atoms with E-state index in [9.17, 15) is 23.2 Å². The Hall–Kier alpha value is -5.33. The topological polar surface area (TPSA) is 164 Å². The number of nitrogens with one attached hydrogen (secondary N) is 1. The van der Waals surface area contributed by atoms with Crippen molar-refractivity contribution in [1.82, 2.24) is 20.1 Å². The molecule has 3 heterocycles. The van der Waals surface area contributed by atoms with Gasteiger partial charge >= 0.3 is 0 Å². The van der Waals surface area contributed by atoms with Gasteiger partial charge in [-0.1, -0.05) is 0 Å². The fourth-order valence-electron chi connectivity index (χ4n) is 4.86. The summed E-state index contributed by atoms with van der Waals surface area (Å²) >= 11 is 0. The van der Waals surface area contributed by atoms with E-state index in [-0.39, 0.29) is 34.0 Å². The molecular formula is C29H26F2N6O5. The molecule has 2 aromatic carbocycles. The van der Waals surface area contributed by atoms with Crippen molar-refractivity contribution in [2.75, 3.05) is 14.2 Å². The standard InChI is InChI=1S/C29H26F2N6O5/c1-29(2,28(33)40)25-22-23(27(39)34-3)36-37(17-7-15(30)6-16(31)8-17)24(22)19-9-18(20(41-4)10-21(19)42-25)13-5-14(26(32)38)12-35-11-13/h5-12,25H,1-4H3,(H2,32,38)(H2,33,40)(H,34,39). The molecule has 0 aliphatic carbocycles. The van der Waals surface area contributed by atoms with Crippen molar-refractivity contribution in [1.29, 1.82) is 0 Å². The lowest BCUT2D eigenvalue weighted by Gasteiger charge is -2.36. The van der Waals surface area contributed by atoms with Gasteiger partial charge in [-0.2, -0.15) is 5.10 Å². The molecule has 1 atom stereocenters.